The monoisotopic (exact) mass is 693 g/mol. The molecule has 0 atom stereocenters. The van der Waals surface area contributed by atoms with E-state index in [-0.39, 0.29) is 64.9 Å². The van der Waals surface area contributed by atoms with Crippen molar-refractivity contribution in [3.05, 3.63) is 88.0 Å². The van der Waals surface area contributed by atoms with Gasteiger partial charge in [0.2, 0.25) is 0 Å². The van der Waals surface area contributed by atoms with Crippen molar-refractivity contribution in [1.82, 2.24) is 0 Å². The molecule has 3 aromatic rings. The Kier molecular flexibility index (Phi) is 20.2. The van der Waals surface area contributed by atoms with Crippen molar-refractivity contribution in [2.45, 2.75) is 0 Å². The molecule has 34 heavy (non-hydrogen) atoms. The number of para-hydroxylation sites is 2. The number of hydrogen-bond acceptors (Lipinski definition) is 8. The van der Waals surface area contributed by atoms with Gasteiger partial charge in [-0.25, -0.2) is 0 Å². The molecule has 0 radical (unpaired) electrons. The van der Waals surface area contributed by atoms with Crippen molar-refractivity contribution in [2.75, 3.05) is 14.2 Å². The summed E-state index contributed by atoms with van der Waals surface area (Å²) in [7, 11) is 2.00. The van der Waals surface area contributed by atoms with Crippen molar-refractivity contribution in [2.24, 2.45) is 9.98 Å². The average molecular weight is 693 g/mol. The van der Waals surface area contributed by atoms with Crippen LogP contribution in [0.1, 0.15) is 11.1 Å². The fourth-order valence-electron chi connectivity index (χ4n) is 2.29. The summed E-state index contributed by atoms with van der Waals surface area (Å²) in [5.41, 5.74) is 1.14. The minimum atomic E-state index is -0.541. The summed E-state index contributed by atoms with van der Waals surface area (Å²) in [5, 5.41) is 48.6. The zero-order valence-corrected chi connectivity index (χ0v) is 22.4. The maximum absolute atomic E-state index is 11.8. The number of nitro groups is 1. The van der Waals surface area contributed by atoms with Crippen LogP contribution in [0, 0.1) is 41.2 Å². The predicted molar refractivity (Wildman–Crippen MR) is 117 cm³/mol. The number of nitro benzene ring substituents is 1. The standard InChI is InChI=1S/C20H15N3O4.2CH4O.2O.U/c24-19-7-3-1-5-14(19)12-21-17-10-9-16(23(26)27)11-18(17)22-13-15-6-2-4-8-20(15)25;2*1-2;;;/h1-13,24-25H;2*2H,1H3;;;/q;;;2*-2;/p-2. The summed E-state index contributed by atoms with van der Waals surface area (Å²) in [6.45, 7) is 0. The first-order valence-electron chi connectivity index (χ1n) is 8.83. The number of nitrogens with zero attached hydrogens (tertiary/aromatic N) is 3. The van der Waals surface area contributed by atoms with Crippen LogP contribution in [-0.4, -0.2) is 41.8 Å². The van der Waals surface area contributed by atoms with Crippen LogP contribution in [0.4, 0.5) is 17.1 Å². The summed E-state index contributed by atoms with van der Waals surface area (Å²) < 4.78 is 0. The van der Waals surface area contributed by atoms with E-state index < -0.39 is 4.92 Å². The first-order chi connectivity index (χ1) is 15.0. The third-order valence-electron chi connectivity index (χ3n) is 3.69. The van der Waals surface area contributed by atoms with E-state index in [0.717, 1.165) is 14.2 Å². The van der Waals surface area contributed by atoms with Gasteiger partial charge in [-0.15, -0.1) is 11.5 Å². The molecule has 11 nitrogen and oxygen atoms in total. The smallest absolute Gasteiger partial charge is 0.271 e. The largest absolute Gasteiger partial charge is 2.00 e. The first kappa shape index (κ1) is 35.5. The first-order valence-corrected chi connectivity index (χ1v) is 8.83. The molecular weight excluding hydrogens is 672 g/mol. The average Bonchev–Trinajstić information content (AvgIpc) is 2.81. The second kappa shape index (κ2) is 19.4. The summed E-state index contributed by atoms with van der Waals surface area (Å²) in [4.78, 5) is 18.9. The third-order valence-corrected chi connectivity index (χ3v) is 3.69. The number of hydrogen-bond donors (Lipinski definition) is 2. The van der Waals surface area contributed by atoms with Crippen LogP contribution >= 0.6 is 0 Å². The molecule has 0 bridgehead atoms. The molecule has 0 fully saturated rings. The van der Waals surface area contributed by atoms with Crippen LogP contribution in [0.5, 0.6) is 11.5 Å². The van der Waals surface area contributed by atoms with Gasteiger partial charge in [0.25, 0.3) is 5.69 Å². The van der Waals surface area contributed by atoms with Crippen LogP contribution in [0.3, 0.4) is 0 Å². The van der Waals surface area contributed by atoms with Gasteiger partial charge in [0, 0.05) is 69.9 Å². The number of rotatable bonds is 5. The van der Waals surface area contributed by atoms with Crippen molar-refractivity contribution < 1.29 is 67.4 Å². The van der Waals surface area contributed by atoms with Crippen molar-refractivity contribution in [3.63, 3.8) is 0 Å². The van der Waals surface area contributed by atoms with Gasteiger partial charge in [0.05, 0.1) is 16.3 Å². The second-order valence-electron chi connectivity index (χ2n) is 5.52. The summed E-state index contributed by atoms with van der Waals surface area (Å²) >= 11 is 0. The summed E-state index contributed by atoms with van der Waals surface area (Å²) in [6, 6.07) is 16.7. The normalized spacial score (nSPS) is 9.29. The summed E-state index contributed by atoms with van der Waals surface area (Å²) in [5.74, 6) is -0.398. The Morgan fingerprint density at radius 3 is 1.56 bits per heavy atom. The molecule has 2 N–H and O–H groups in total. The second-order valence-corrected chi connectivity index (χ2v) is 5.52. The van der Waals surface area contributed by atoms with Gasteiger partial charge in [-0.1, -0.05) is 48.5 Å². The molecule has 182 valence electrons. The van der Waals surface area contributed by atoms with E-state index in [9.17, 15) is 20.3 Å². The molecule has 0 heterocycles. The molecule has 0 aliphatic heterocycles. The SMILES string of the molecule is CO.CO.O=[N+]([O-])c1ccc(N=Cc2ccccc2[O-])c(N=Cc2ccccc2[O-])c1.[O-2].[O-2].[U]. The van der Waals surface area contributed by atoms with Crippen LogP contribution < -0.4 is 10.2 Å². The van der Waals surface area contributed by atoms with Crippen molar-refractivity contribution in [3.8, 4) is 11.5 Å². The number of non-ortho nitro benzene ring substituents is 1. The fourth-order valence-corrected chi connectivity index (χ4v) is 2.29. The summed E-state index contributed by atoms with van der Waals surface area (Å²) in [6.07, 6.45) is 2.71. The molecule has 3 aromatic carbocycles. The van der Waals surface area contributed by atoms with Gasteiger partial charge < -0.3 is 31.4 Å². The molecule has 0 aliphatic rings. The maximum Gasteiger partial charge on any atom is 0.271 e. The molecule has 0 aliphatic carbocycles. The number of aliphatic hydroxyl groups is 2. The van der Waals surface area contributed by atoms with Crippen LogP contribution in [0.15, 0.2) is 76.7 Å². The van der Waals surface area contributed by atoms with E-state index in [1.807, 2.05) is 0 Å². The Morgan fingerprint density at radius 1 is 0.735 bits per heavy atom. The molecular formula is C22H21N3O8U-6. The Morgan fingerprint density at radius 2 is 1.15 bits per heavy atom. The Bertz CT molecular complexity index is 1060. The van der Waals surface area contributed by atoms with Gasteiger partial charge in [0.15, 0.2) is 0 Å². The zero-order valence-electron chi connectivity index (χ0n) is 18.2. The van der Waals surface area contributed by atoms with Gasteiger partial charge >= 0.3 is 0 Å². The van der Waals surface area contributed by atoms with E-state index in [0.29, 0.717) is 16.8 Å². The van der Waals surface area contributed by atoms with E-state index in [4.69, 9.17) is 10.2 Å². The minimum absolute atomic E-state index is 0. The quantitative estimate of drug-likeness (QED) is 0.232. The third kappa shape index (κ3) is 10.7. The molecule has 0 aromatic heterocycles. The molecule has 0 amide bonds. The number of benzene rings is 3. The minimum Gasteiger partial charge on any atom is -2.00 e. The van der Waals surface area contributed by atoms with E-state index >= 15 is 0 Å². The van der Waals surface area contributed by atoms with E-state index in [2.05, 4.69) is 9.98 Å². The fraction of sp³-hybridized carbons (Fsp3) is 0.0909. The zero-order chi connectivity index (χ0) is 23.2. The van der Waals surface area contributed by atoms with Gasteiger partial charge in [-0.2, -0.15) is 0 Å². The van der Waals surface area contributed by atoms with Crippen LogP contribution in [0.25, 0.3) is 0 Å². The van der Waals surface area contributed by atoms with Crippen molar-refractivity contribution in [1.29, 1.82) is 0 Å². The Hall–Kier alpha value is -3.11. The topological polar surface area (TPSA) is 211 Å². The van der Waals surface area contributed by atoms with E-state index in [1.165, 1.54) is 42.8 Å². The number of aliphatic hydroxyl groups excluding tert-OH is 2. The van der Waals surface area contributed by atoms with Crippen molar-refractivity contribution >= 4 is 29.5 Å². The molecule has 0 saturated heterocycles. The number of aliphatic imine (C=N–C) groups is 2. The molecule has 0 saturated carbocycles. The molecule has 12 heteroatoms. The van der Waals surface area contributed by atoms with Crippen LogP contribution in [0.2, 0.25) is 0 Å². The Balaban J connectivity index is -0.00000130. The molecule has 0 unspecified atom stereocenters. The predicted octanol–water partition coefficient (Wildman–Crippen LogP) is 2.22. The maximum atomic E-state index is 11.8. The van der Waals surface area contributed by atoms with Gasteiger partial charge in [0.1, 0.15) is 0 Å². The van der Waals surface area contributed by atoms with Gasteiger partial charge in [-0.3, -0.25) is 20.1 Å². The van der Waals surface area contributed by atoms with Crippen LogP contribution in [-0.2, 0) is 11.0 Å². The van der Waals surface area contributed by atoms with E-state index in [1.54, 1.807) is 36.4 Å². The Labute approximate surface area is 219 Å². The molecule has 0 spiro atoms. The van der Waals surface area contributed by atoms with Gasteiger partial charge in [-0.05, 0) is 17.2 Å². The molecule has 3 rings (SSSR count).